The molecule has 0 spiro atoms. The average molecular weight is 989 g/mol. The van der Waals surface area contributed by atoms with Crippen LogP contribution in [0, 0.1) is 46.2 Å². The Hall–Kier alpha value is -1.20. The lowest BCUT2D eigenvalue weighted by Gasteiger charge is -2.36. The number of hydrogen-bond acceptors (Lipinski definition) is 11. The molecule has 11 nitrogen and oxygen atoms in total. The van der Waals surface area contributed by atoms with E-state index in [1.807, 2.05) is 64.3 Å². The van der Waals surface area contributed by atoms with Crippen molar-refractivity contribution in [3.63, 3.8) is 0 Å². The summed E-state index contributed by atoms with van der Waals surface area (Å²) < 4.78 is 80.4. The Kier molecular flexibility index (Phi) is 10.2. The maximum atomic E-state index is 13.7. The molecule has 1 aromatic carbocycles. The van der Waals surface area contributed by atoms with Gasteiger partial charge >= 0.3 is 29.1 Å². The topological polar surface area (TPSA) is 162 Å². The molecule has 45 heavy (non-hydrogen) atoms. The fourth-order valence-corrected chi connectivity index (χ4v) is 11.3. The second kappa shape index (κ2) is 13.0. The fraction of sp³-hybridized carbons (Fsp3) is 0.571. The van der Waals surface area contributed by atoms with Gasteiger partial charge in [-0.25, -0.2) is 18.0 Å². The molecule has 0 amide bonds. The lowest BCUT2D eigenvalue weighted by molar-refractivity contribution is -0.174. The van der Waals surface area contributed by atoms with Gasteiger partial charge in [0.05, 0.1) is 24.5 Å². The first-order valence-electron chi connectivity index (χ1n) is 13.9. The van der Waals surface area contributed by atoms with Gasteiger partial charge < -0.3 is 23.5 Å². The molecule has 17 heteroatoms. The van der Waals surface area contributed by atoms with E-state index in [9.17, 15) is 40.9 Å². The summed E-state index contributed by atoms with van der Waals surface area (Å²) >= 11 is 5.60. The minimum absolute atomic E-state index is 0.0220. The highest BCUT2D eigenvalue weighted by atomic mass is 127. The van der Waals surface area contributed by atoms with E-state index in [2.05, 4.69) is 4.74 Å². The van der Waals surface area contributed by atoms with Gasteiger partial charge in [0.2, 0.25) is 0 Å². The van der Waals surface area contributed by atoms with Crippen LogP contribution in [0.3, 0.4) is 0 Å². The van der Waals surface area contributed by atoms with Gasteiger partial charge in [0.1, 0.15) is 18.8 Å². The maximum Gasteiger partial charge on any atom is 0.428 e. The van der Waals surface area contributed by atoms with Crippen molar-refractivity contribution in [2.75, 3.05) is 13.2 Å². The number of allylic oxidation sites excluding steroid dienone is 2. The predicted molar refractivity (Wildman–Crippen MR) is 174 cm³/mol. The lowest BCUT2D eigenvalue weighted by atomic mass is 9.82. The minimum Gasteiger partial charge on any atom is -0.743 e. The van der Waals surface area contributed by atoms with E-state index in [1.165, 1.54) is 0 Å². The highest BCUT2D eigenvalue weighted by Gasteiger charge is 2.57. The van der Waals surface area contributed by atoms with Gasteiger partial charge in [0, 0.05) is 3.57 Å². The fourth-order valence-electron chi connectivity index (χ4n) is 6.99. The number of halogens is 5. The summed E-state index contributed by atoms with van der Waals surface area (Å²) in [7, 11) is -6.30. The molecule has 0 heterocycles. The first kappa shape index (κ1) is 35.1. The Morgan fingerprint density at radius 2 is 1.60 bits per heavy atom. The summed E-state index contributed by atoms with van der Waals surface area (Å²) in [5, 5.41) is -5.30. The molecule has 1 aromatic rings. The molecule has 7 unspecified atom stereocenters. The molecule has 4 aliphatic carbocycles. The van der Waals surface area contributed by atoms with Crippen LogP contribution in [-0.2, 0) is 38.7 Å². The molecule has 4 bridgehead atoms. The van der Waals surface area contributed by atoms with Crippen molar-refractivity contribution < 1.29 is 59.9 Å². The van der Waals surface area contributed by atoms with Gasteiger partial charge in [0.25, 0.3) is 0 Å². The van der Waals surface area contributed by atoms with Crippen LogP contribution in [0.5, 0.6) is 5.75 Å². The zero-order chi connectivity index (χ0) is 33.1. The number of benzene rings is 1. The first-order chi connectivity index (χ1) is 20.9. The third-order valence-corrected chi connectivity index (χ3v) is 12.5. The second-order valence-electron chi connectivity index (χ2n) is 11.8. The van der Waals surface area contributed by atoms with Crippen LogP contribution in [0.1, 0.15) is 49.4 Å². The minimum atomic E-state index is -6.30. The van der Waals surface area contributed by atoms with E-state index in [1.54, 1.807) is 28.7 Å². The predicted octanol–water partition coefficient (Wildman–Crippen LogP) is 4.80. The van der Waals surface area contributed by atoms with E-state index < -0.39 is 69.9 Å². The monoisotopic (exact) mass is 989 g/mol. The number of alkyl halides is 2. The molecular weight excluding hydrogens is 963 g/mol. The standard InChI is InChI=1S/C28H27F2I3O11S/c1-27(11-12-2-5-15(27)8-12)44-25(36)19-14-4-3-13(9-14)18(19)24(35)43-22-17(32)10-16(31)20(21(22)33)23(34)41-6-7-42-26(37)28(29,30)45(38,39)40/h3-4,10,12-15,18-19H,2,5-9,11H2,1H3,(H,38,39,40)/p-1. The molecule has 0 aliphatic heterocycles. The third kappa shape index (κ3) is 6.74. The van der Waals surface area contributed by atoms with Crippen LogP contribution in [0.2, 0.25) is 0 Å². The van der Waals surface area contributed by atoms with Crippen LogP contribution < -0.4 is 4.74 Å². The van der Waals surface area contributed by atoms with Crippen LogP contribution in [0.25, 0.3) is 0 Å². The first-order valence-corrected chi connectivity index (χ1v) is 18.6. The molecule has 0 radical (unpaired) electrons. The normalized spacial score (nSPS) is 29.9. The number of hydrogen-bond donors (Lipinski definition) is 0. The van der Waals surface area contributed by atoms with E-state index in [-0.39, 0.29) is 26.7 Å². The second-order valence-corrected chi connectivity index (χ2v) is 16.7. The molecule has 4 aliphatic rings. The van der Waals surface area contributed by atoms with Crippen molar-refractivity contribution in [3.8, 4) is 5.75 Å². The Labute approximate surface area is 298 Å². The smallest absolute Gasteiger partial charge is 0.428 e. The highest BCUT2D eigenvalue weighted by molar-refractivity contribution is 14.1. The maximum absolute atomic E-state index is 13.7. The zero-order valence-corrected chi connectivity index (χ0v) is 30.7. The van der Waals surface area contributed by atoms with E-state index in [0.29, 0.717) is 25.4 Å². The highest BCUT2D eigenvalue weighted by Crippen LogP contribution is 2.54. The number of carbonyl (C=O) groups is 4. The van der Waals surface area contributed by atoms with Crippen molar-refractivity contribution in [2.24, 2.45) is 35.5 Å². The van der Waals surface area contributed by atoms with Crippen molar-refractivity contribution in [2.45, 2.75) is 49.9 Å². The van der Waals surface area contributed by atoms with Crippen molar-refractivity contribution in [1.82, 2.24) is 0 Å². The van der Waals surface area contributed by atoms with Crippen molar-refractivity contribution in [3.05, 3.63) is 34.5 Å². The zero-order valence-electron chi connectivity index (χ0n) is 23.4. The van der Waals surface area contributed by atoms with Crippen molar-refractivity contribution >= 4 is 102 Å². The molecule has 5 rings (SSSR count). The molecule has 0 N–H and O–H groups in total. The van der Waals surface area contributed by atoms with E-state index in [0.717, 1.165) is 25.7 Å². The van der Waals surface area contributed by atoms with E-state index in [4.69, 9.17) is 14.2 Å². The van der Waals surface area contributed by atoms with Crippen LogP contribution in [0.15, 0.2) is 18.2 Å². The number of ether oxygens (including phenoxy) is 4. The van der Waals surface area contributed by atoms with Gasteiger partial charge in [-0.05, 0) is 137 Å². The molecule has 0 aromatic heterocycles. The van der Waals surface area contributed by atoms with Crippen LogP contribution >= 0.6 is 67.8 Å². The van der Waals surface area contributed by atoms with Gasteiger partial charge in [-0.15, -0.1) is 0 Å². The molecule has 7 atom stereocenters. The molecule has 246 valence electrons. The van der Waals surface area contributed by atoms with Gasteiger partial charge in [0.15, 0.2) is 15.9 Å². The number of fused-ring (bicyclic) bond motifs is 4. The average Bonchev–Trinajstić information content (AvgIpc) is 3.73. The molecular formula is C28H26F2I3O11S-. The molecule has 3 fully saturated rings. The Morgan fingerprint density at radius 1 is 0.978 bits per heavy atom. The summed E-state index contributed by atoms with van der Waals surface area (Å²) in [6.07, 6.45) is 8.54. The van der Waals surface area contributed by atoms with E-state index >= 15 is 0 Å². The number of rotatable bonds is 10. The van der Waals surface area contributed by atoms with Crippen LogP contribution in [0.4, 0.5) is 8.78 Å². The van der Waals surface area contributed by atoms with Gasteiger partial charge in [-0.1, -0.05) is 12.2 Å². The summed E-state index contributed by atoms with van der Waals surface area (Å²) in [6, 6.07) is 1.56. The molecule has 0 saturated heterocycles. The van der Waals surface area contributed by atoms with Crippen LogP contribution in [-0.4, -0.2) is 60.9 Å². The summed E-state index contributed by atoms with van der Waals surface area (Å²) in [5.74, 6) is -5.48. The lowest BCUT2D eigenvalue weighted by Crippen LogP contribution is -2.43. The Morgan fingerprint density at radius 3 is 2.18 bits per heavy atom. The summed E-state index contributed by atoms with van der Waals surface area (Å²) in [5.41, 5.74) is -0.561. The van der Waals surface area contributed by atoms with Gasteiger partial charge in [-0.2, -0.15) is 8.78 Å². The molecule has 3 saturated carbocycles. The Bertz CT molecular complexity index is 1580. The number of carbonyl (C=O) groups excluding carboxylic acids is 4. The Balaban J connectivity index is 1.26. The number of esters is 4. The van der Waals surface area contributed by atoms with Gasteiger partial charge in [-0.3, -0.25) is 9.59 Å². The summed E-state index contributed by atoms with van der Waals surface area (Å²) in [4.78, 5) is 51.5. The SMILES string of the molecule is CC1(OC(=O)C2C3C=CC(C3)C2C(=O)Oc2c(I)cc(I)c(C(=O)OCCOC(=O)C(F)(F)S(=O)(=O)[O-])c2I)CC2CCC1C2. The summed E-state index contributed by atoms with van der Waals surface area (Å²) in [6.45, 7) is 0.289. The third-order valence-electron chi connectivity index (χ3n) is 9.07. The largest absolute Gasteiger partial charge is 0.743 e. The van der Waals surface area contributed by atoms with Crippen molar-refractivity contribution in [1.29, 1.82) is 0 Å². The quantitative estimate of drug-likeness (QED) is 0.0603.